The van der Waals surface area contributed by atoms with E-state index in [1.54, 1.807) is 0 Å². The largest absolute Gasteiger partial charge is 0.444 e. The Balaban J connectivity index is 2.07. The Kier molecular flexibility index (Phi) is 4.36. The summed E-state index contributed by atoms with van der Waals surface area (Å²) >= 11 is 0. The second-order valence-electron chi connectivity index (χ2n) is 6.55. The second kappa shape index (κ2) is 5.67. The smallest absolute Gasteiger partial charge is 0.410 e. The van der Waals surface area contributed by atoms with Gasteiger partial charge in [0.2, 0.25) is 0 Å². The number of likely N-dealkylation sites (tertiary alicyclic amines) is 1. The van der Waals surface area contributed by atoms with Crippen LogP contribution in [0.4, 0.5) is 4.79 Å². The molecule has 3 unspecified atom stereocenters. The molecule has 2 saturated heterocycles. The minimum absolute atomic E-state index is 0.130. The molecule has 2 aliphatic rings. The van der Waals surface area contributed by atoms with E-state index < -0.39 is 5.60 Å². The summed E-state index contributed by atoms with van der Waals surface area (Å²) in [5, 5.41) is 0. The van der Waals surface area contributed by atoms with Crippen LogP contribution in [-0.4, -0.2) is 48.9 Å². The molecule has 0 radical (unpaired) electrons. The van der Waals surface area contributed by atoms with Crippen molar-refractivity contribution in [2.75, 3.05) is 26.3 Å². The van der Waals surface area contributed by atoms with Crippen molar-refractivity contribution in [2.24, 2.45) is 17.6 Å². The minimum Gasteiger partial charge on any atom is -0.444 e. The third-order valence-corrected chi connectivity index (χ3v) is 4.06. The molecule has 0 aromatic rings. The van der Waals surface area contributed by atoms with Gasteiger partial charge in [0, 0.05) is 13.2 Å². The molecule has 2 rings (SSSR count). The van der Waals surface area contributed by atoms with E-state index in [4.69, 9.17) is 15.2 Å². The third-order valence-electron chi connectivity index (χ3n) is 4.06. The summed E-state index contributed by atoms with van der Waals surface area (Å²) in [5.41, 5.74) is 5.41. The van der Waals surface area contributed by atoms with Gasteiger partial charge in [-0.05, 0) is 52.0 Å². The maximum absolute atomic E-state index is 12.3. The number of nitrogens with zero attached hydrogens (tertiary/aromatic N) is 1. The number of rotatable bonds is 1. The van der Waals surface area contributed by atoms with Gasteiger partial charge in [0.1, 0.15) is 5.60 Å². The number of hydrogen-bond donors (Lipinski definition) is 1. The average molecular weight is 270 g/mol. The first kappa shape index (κ1) is 14.6. The molecule has 0 saturated carbocycles. The summed E-state index contributed by atoms with van der Waals surface area (Å²) in [4.78, 5) is 14.1. The van der Waals surface area contributed by atoms with Crippen molar-refractivity contribution in [2.45, 2.75) is 45.3 Å². The first-order valence-electron chi connectivity index (χ1n) is 7.20. The van der Waals surface area contributed by atoms with Crippen LogP contribution >= 0.6 is 0 Å². The van der Waals surface area contributed by atoms with Gasteiger partial charge in [-0.3, -0.25) is 0 Å². The van der Waals surface area contributed by atoms with Crippen LogP contribution in [0.3, 0.4) is 0 Å². The summed E-state index contributed by atoms with van der Waals surface area (Å²) in [7, 11) is 0. The highest BCUT2D eigenvalue weighted by Crippen LogP contribution is 2.34. The van der Waals surface area contributed by atoms with Gasteiger partial charge in [-0.15, -0.1) is 0 Å². The Labute approximate surface area is 115 Å². The van der Waals surface area contributed by atoms with Crippen molar-refractivity contribution in [3.63, 3.8) is 0 Å². The van der Waals surface area contributed by atoms with Crippen molar-refractivity contribution in [1.29, 1.82) is 0 Å². The van der Waals surface area contributed by atoms with E-state index >= 15 is 0 Å². The van der Waals surface area contributed by atoms with E-state index in [-0.39, 0.29) is 12.1 Å². The zero-order valence-electron chi connectivity index (χ0n) is 12.2. The monoisotopic (exact) mass is 270 g/mol. The summed E-state index contributed by atoms with van der Waals surface area (Å²) in [5.74, 6) is 0.965. The molecule has 2 N–H and O–H groups in total. The van der Waals surface area contributed by atoms with Gasteiger partial charge in [-0.1, -0.05) is 0 Å². The number of carbonyl (C=O) groups is 1. The van der Waals surface area contributed by atoms with Gasteiger partial charge in [0.15, 0.2) is 0 Å². The van der Waals surface area contributed by atoms with Crippen LogP contribution < -0.4 is 5.73 Å². The first-order valence-corrected chi connectivity index (χ1v) is 7.20. The highest BCUT2D eigenvalue weighted by molar-refractivity contribution is 5.68. The highest BCUT2D eigenvalue weighted by atomic mass is 16.6. The Bertz CT molecular complexity index is 327. The zero-order chi connectivity index (χ0) is 14.0. The Morgan fingerprint density at radius 1 is 1.42 bits per heavy atom. The average Bonchev–Trinajstić information content (AvgIpc) is 2.35. The summed E-state index contributed by atoms with van der Waals surface area (Å²) < 4.78 is 11.0. The Morgan fingerprint density at radius 3 is 2.79 bits per heavy atom. The normalized spacial score (nSPS) is 31.8. The number of fused-ring (bicyclic) bond motifs is 1. The number of carbonyl (C=O) groups excluding carboxylic acids is 1. The summed E-state index contributed by atoms with van der Waals surface area (Å²) in [6.07, 6.45) is 1.74. The topological polar surface area (TPSA) is 64.8 Å². The van der Waals surface area contributed by atoms with E-state index in [2.05, 4.69) is 0 Å². The molecule has 0 bridgehead atoms. The molecule has 3 atom stereocenters. The SMILES string of the molecule is CC(C)(C)OC(=O)N1CCC(CN)C2CCOCC21. The van der Waals surface area contributed by atoms with Crippen molar-refractivity contribution in [3.8, 4) is 0 Å². The van der Waals surface area contributed by atoms with Crippen LogP contribution in [0.1, 0.15) is 33.6 Å². The standard InChI is InChI=1S/C14H26N2O3/c1-14(2,3)19-13(17)16-6-4-10(8-15)11-5-7-18-9-12(11)16/h10-12H,4-9,15H2,1-3H3. The quantitative estimate of drug-likeness (QED) is 0.786. The lowest BCUT2D eigenvalue weighted by Gasteiger charge is -2.47. The lowest BCUT2D eigenvalue weighted by molar-refractivity contribution is -0.0672. The van der Waals surface area contributed by atoms with Crippen LogP contribution in [-0.2, 0) is 9.47 Å². The fraction of sp³-hybridized carbons (Fsp3) is 0.929. The fourth-order valence-electron chi connectivity index (χ4n) is 3.14. The van der Waals surface area contributed by atoms with E-state index in [0.29, 0.717) is 25.0 Å². The first-order chi connectivity index (χ1) is 8.92. The van der Waals surface area contributed by atoms with Crippen molar-refractivity contribution < 1.29 is 14.3 Å². The molecule has 0 aromatic heterocycles. The van der Waals surface area contributed by atoms with Gasteiger partial charge in [-0.2, -0.15) is 0 Å². The van der Waals surface area contributed by atoms with Crippen LogP contribution in [0, 0.1) is 11.8 Å². The fourth-order valence-corrected chi connectivity index (χ4v) is 3.14. The zero-order valence-corrected chi connectivity index (χ0v) is 12.2. The van der Waals surface area contributed by atoms with Crippen LogP contribution in [0.5, 0.6) is 0 Å². The van der Waals surface area contributed by atoms with Crippen LogP contribution in [0.25, 0.3) is 0 Å². The van der Waals surface area contributed by atoms with E-state index in [9.17, 15) is 4.79 Å². The maximum atomic E-state index is 12.3. The van der Waals surface area contributed by atoms with Crippen molar-refractivity contribution in [1.82, 2.24) is 4.90 Å². The van der Waals surface area contributed by atoms with E-state index in [1.807, 2.05) is 25.7 Å². The summed E-state index contributed by atoms with van der Waals surface area (Å²) in [6.45, 7) is 8.50. The molecule has 0 spiro atoms. The van der Waals surface area contributed by atoms with Gasteiger partial charge in [0.25, 0.3) is 0 Å². The lowest BCUT2D eigenvalue weighted by Crippen LogP contribution is -2.57. The molecule has 1 amide bonds. The number of nitrogens with two attached hydrogens (primary N) is 1. The molecular weight excluding hydrogens is 244 g/mol. The molecule has 2 aliphatic heterocycles. The van der Waals surface area contributed by atoms with Crippen LogP contribution in [0.15, 0.2) is 0 Å². The molecular formula is C14H26N2O3. The van der Waals surface area contributed by atoms with E-state index in [1.165, 1.54) is 0 Å². The molecule has 0 aromatic carbocycles. The van der Waals surface area contributed by atoms with Crippen molar-refractivity contribution in [3.05, 3.63) is 0 Å². The summed E-state index contributed by atoms with van der Waals surface area (Å²) in [6, 6.07) is 0.130. The number of hydrogen-bond acceptors (Lipinski definition) is 4. The van der Waals surface area contributed by atoms with Gasteiger partial charge >= 0.3 is 6.09 Å². The third kappa shape index (κ3) is 3.39. The number of ether oxygens (including phenoxy) is 2. The molecule has 5 nitrogen and oxygen atoms in total. The lowest BCUT2D eigenvalue weighted by atomic mass is 9.77. The van der Waals surface area contributed by atoms with Gasteiger partial charge in [-0.25, -0.2) is 4.79 Å². The molecule has 2 fully saturated rings. The predicted octanol–water partition coefficient (Wildman–Crippen LogP) is 1.61. The van der Waals surface area contributed by atoms with Crippen molar-refractivity contribution >= 4 is 6.09 Å². The number of amides is 1. The van der Waals surface area contributed by atoms with Crippen LogP contribution in [0.2, 0.25) is 0 Å². The Morgan fingerprint density at radius 2 is 2.16 bits per heavy atom. The van der Waals surface area contributed by atoms with Gasteiger partial charge in [0.05, 0.1) is 12.6 Å². The molecule has 5 heteroatoms. The predicted molar refractivity (Wildman–Crippen MR) is 72.8 cm³/mol. The van der Waals surface area contributed by atoms with E-state index in [0.717, 1.165) is 26.0 Å². The Hall–Kier alpha value is -0.810. The van der Waals surface area contributed by atoms with Gasteiger partial charge < -0.3 is 20.1 Å². The molecule has 19 heavy (non-hydrogen) atoms. The second-order valence-corrected chi connectivity index (χ2v) is 6.55. The molecule has 0 aliphatic carbocycles. The number of piperidine rings is 1. The molecule has 2 heterocycles. The molecule has 110 valence electrons. The maximum Gasteiger partial charge on any atom is 0.410 e. The minimum atomic E-state index is -0.452. The highest BCUT2D eigenvalue weighted by Gasteiger charge is 2.42.